The predicted molar refractivity (Wildman–Crippen MR) is 109 cm³/mol. The minimum atomic E-state index is -1.08. The molecule has 2 heterocycles. The van der Waals surface area contributed by atoms with Gasteiger partial charge in [-0.15, -0.1) is 0 Å². The molecule has 0 saturated carbocycles. The van der Waals surface area contributed by atoms with Crippen molar-refractivity contribution < 1.29 is 14.5 Å². The molecule has 0 spiro atoms. The van der Waals surface area contributed by atoms with Gasteiger partial charge >= 0.3 is 5.13 Å². The van der Waals surface area contributed by atoms with Crippen LogP contribution in [0.1, 0.15) is 6.92 Å². The molecule has 0 N–H and O–H groups in total. The first kappa shape index (κ1) is 19.4. The summed E-state index contributed by atoms with van der Waals surface area (Å²) in [4.78, 5) is 8.89. The number of aliphatic carboxylic acids is 1. The molecule has 4 rings (SSSR count). The van der Waals surface area contributed by atoms with Crippen LogP contribution in [-0.2, 0) is 18.9 Å². The molecule has 0 radical (unpaired) electrons. The molecular formula is C21H20N4O2S. The summed E-state index contributed by atoms with van der Waals surface area (Å²) in [5.41, 5.74) is 4.29. The fourth-order valence-corrected chi connectivity index (χ4v) is 3.60. The van der Waals surface area contributed by atoms with Gasteiger partial charge in [0.15, 0.2) is 0 Å². The summed E-state index contributed by atoms with van der Waals surface area (Å²) in [7, 11) is 4.06. The van der Waals surface area contributed by atoms with E-state index >= 15 is 0 Å². The summed E-state index contributed by atoms with van der Waals surface area (Å²) in [6, 6.07) is 18.7. The van der Waals surface area contributed by atoms with Crippen LogP contribution in [0, 0.1) is 0 Å². The lowest BCUT2D eigenvalue weighted by molar-refractivity contribution is -0.654. The SMILES string of the molecule is CC(=O)[O-].Cn1c(-c2ccccc2)c(N=Nc2scc[n+]2C)c2ccccc21. The lowest BCUT2D eigenvalue weighted by Crippen LogP contribution is -2.23. The Morgan fingerprint density at radius 2 is 1.71 bits per heavy atom. The van der Waals surface area contributed by atoms with Crippen LogP contribution in [0.2, 0.25) is 0 Å². The molecule has 0 aliphatic heterocycles. The molecule has 2 aromatic heterocycles. The van der Waals surface area contributed by atoms with Crippen molar-refractivity contribution in [3.8, 4) is 11.3 Å². The van der Waals surface area contributed by atoms with Gasteiger partial charge in [0.2, 0.25) is 0 Å². The summed E-state index contributed by atoms with van der Waals surface area (Å²) >= 11 is 1.58. The molecule has 0 aliphatic rings. The number of nitrogens with zero attached hydrogens (tertiary/aromatic N) is 4. The number of carboxylic acid groups (broad SMARTS) is 1. The van der Waals surface area contributed by atoms with Crippen molar-refractivity contribution in [1.29, 1.82) is 0 Å². The number of carbonyl (C=O) groups excluding carboxylic acids is 1. The van der Waals surface area contributed by atoms with Crippen LogP contribution in [0.5, 0.6) is 0 Å². The average Bonchev–Trinajstić information content (AvgIpc) is 3.21. The maximum absolute atomic E-state index is 8.89. The van der Waals surface area contributed by atoms with E-state index in [2.05, 4.69) is 52.2 Å². The molecule has 28 heavy (non-hydrogen) atoms. The molecule has 0 saturated heterocycles. The first-order valence-corrected chi connectivity index (χ1v) is 9.52. The number of para-hydroxylation sites is 1. The maximum atomic E-state index is 8.89. The Morgan fingerprint density at radius 3 is 2.36 bits per heavy atom. The number of azo groups is 1. The lowest BCUT2D eigenvalue weighted by atomic mass is 10.1. The topological polar surface area (TPSA) is 73.7 Å². The Labute approximate surface area is 167 Å². The van der Waals surface area contributed by atoms with Crippen LogP contribution in [0.4, 0.5) is 10.8 Å². The van der Waals surface area contributed by atoms with Crippen LogP contribution in [0.25, 0.3) is 22.2 Å². The largest absolute Gasteiger partial charge is 0.550 e. The van der Waals surface area contributed by atoms with Gasteiger partial charge in [-0.05, 0) is 29.4 Å². The Hall–Kier alpha value is -3.32. The van der Waals surface area contributed by atoms with Crippen molar-refractivity contribution in [3.05, 3.63) is 66.2 Å². The number of benzene rings is 2. The molecule has 4 aromatic rings. The van der Waals surface area contributed by atoms with Crippen LogP contribution in [-0.4, -0.2) is 10.5 Å². The molecule has 7 heteroatoms. The van der Waals surface area contributed by atoms with E-state index in [-0.39, 0.29) is 0 Å². The van der Waals surface area contributed by atoms with Gasteiger partial charge in [-0.3, -0.25) is 0 Å². The minimum absolute atomic E-state index is 0.877. The Morgan fingerprint density at radius 1 is 1.07 bits per heavy atom. The summed E-state index contributed by atoms with van der Waals surface area (Å²) < 4.78 is 4.16. The zero-order valence-corrected chi connectivity index (χ0v) is 16.7. The number of hydrogen-bond acceptors (Lipinski definition) is 5. The van der Waals surface area contributed by atoms with Crippen molar-refractivity contribution in [2.45, 2.75) is 6.92 Å². The molecular weight excluding hydrogens is 372 g/mol. The first-order chi connectivity index (χ1) is 13.5. The van der Waals surface area contributed by atoms with Crippen LogP contribution in [0.3, 0.4) is 0 Å². The van der Waals surface area contributed by atoms with Gasteiger partial charge in [-0.25, -0.2) is 4.57 Å². The van der Waals surface area contributed by atoms with E-state index in [9.17, 15) is 0 Å². The van der Waals surface area contributed by atoms with Gasteiger partial charge in [-0.1, -0.05) is 48.5 Å². The molecule has 142 valence electrons. The molecule has 0 unspecified atom stereocenters. The standard InChI is InChI=1S/C19H17N4S.C2H4O2/c1-22-12-13-24-19(22)21-20-17-15-10-6-7-11-16(15)23(2)18(17)14-8-4-3-5-9-14;1-2(3)4/h3-13H,1-2H3;1H3,(H,3,4)/q+1;/p-1. The zero-order chi connectivity index (χ0) is 20.1. The summed E-state index contributed by atoms with van der Waals surface area (Å²) in [6.45, 7) is 0.972. The number of aryl methyl sites for hydroxylation is 2. The number of thiazole rings is 1. The van der Waals surface area contributed by atoms with Gasteiger partial charge in [0.25, 0.3) is 0 Å². The summed E-state index contributed by atoms with van der Waals surface area (Å²) in [6.07, 6.45) is 1.99. The van der Waals surface area contributed by atoms with Gasteiger partial charge < -0.3 is 14.5 Å². The number of hydrogen-bond donors (Lipinski definition) is 0. The highest BCUT2D eigenvalue weighted by Crippen LogP contribution is 2.40. The highest BCUT2D eigenvalue weighted by molar-refractivity contribution is 7.12. The molecule has 0 fully saturated rings. The second-order valence-electron chi connectivity index (χ2n) is 6.13. The van der Waals surface area contributed by atoms with Crippen LogP contribution >= 0.6 is 11.3 Å². The second-order valence-corrected chi connectivity index (χ2v) is 7.00. The van der Waals surface area contributed by atoms with Crippen molar-refractivity contribution in [1.82, 2.24) is 4.57 Å². The third-order valence-corrected chi connectivity index (χ3v) is 4.96. The van der Waals surface area contributed by atoms with E-state index in [0.717, 1.165) is 39.9 Å². The quantitative estimate of drug-likeness (QED) is 0.392. The van der Waals surface area contributed by atoms with E-state index in [1.807, 2.05) is 47.5 Å². The normalized spacial score (nSPS) is 10.8. The lowest BCUT2D eigenvalue weighted by Gasteiger charge is -2.04. The summed E-state index contributed by atoms with van der Waals surface area (Å²) in [5.74, 6) is -1.08. The molecule has 0 bridgehead atoms. The predicted octanol–water partition coefficient (Wildman–Crippen LogP) is 3.90. The van der Waals surface area contributed by atoms with E-state index < -0.39 is 5.97 Å². The molecule has 0 aliphatic carbocycles. The fraction of sp³-hybridized carbons (Fsp3) is 0.143. The highest BCUT2D eigenvalue weighted by Gasteiger charge is 2.18. The van der Waals surface area contributed by atoms with E-state index in [1.54, 1.807) is 11.3 Å². The fourth-order valence-electron chi connectivity index (χ4n) is 2.92. The highest BCUT2D eigenvalue weighted by atomic mass is 32.1. The van der Waals surface area contributed by atoms with E-state index in [4.69, 9.17) is 9.90 Å². The number of rotatable bonds is 3. The summed E-state index contributed by atoms with van der Waals surface area (Å²) in [5, 5.41) is 22.0. The van der Waals surface area contributed by atoms with E-state index in [0.29, 0.717) is 0 Å². The Bertz CT molecular complexity index is 1130. The third kappa shape index (κ3) is 4.15. The zero-order valence-electron chi connectivity index (χ0n) is 15.9. The molecule has 0 amide bonds. The minimum Gasteiger partial charge on any atom is -0.550 e. The van der Waals surface area contributed by atoms with Crippen molar-refractivity contribution >= 4 is 39.0 Å². The van der Waals surface area contributed by atoms with Crippen LogP contribution < -0.4 is 9.67 Å². The molecule has 6 nitrogen and oxygen atoms in total. The van der Waals surface area contributed by atoms with Gasteiger partial charge in [0.1, 0.15) is 11.9 Å². The Kier molecular flexibility index (Phi) is 5.96. The van der Waals surface area contributed by atoms with Crippen molar-refractivity contribution in [2.75, 3.05) is 0 Å². The average molecular weight is 392 g/mol. The molecule has 0 atom stereocenters. The maximum Gasteiger partial charge on any atom is 0.408 e. The van der Waals surface area contributed by atoms with Gasteiger partial charge in [-0.2, -0.15) is 0 Å². The van der Waals surface area contributed by atoms with Crippen LogP contribution in [0.15, 0.2) is 76.4 Å². The number of carbonyl (C=O) groups is 1. The number of carboxylic acids is 1. The smallest absolute Gasteiger partial charge is 0.408 e. The van der Waals surface area contributed by atoms with Gasteiger partial charge in [0.05, 0.1) is 23.4 Å². The van der Waals surface area contributed by atoms with Gasteiger partial charge in [0, 0.05) is 29.3 Å². The van der Waals surface area contributed by atoms with Crippen molar-refractivity contribution in [2.24, 2.45) is 24.3 Å². The third-order valence-electron chi connectivity index (χ3n) is 4.12. The van der Waals surface area contributed by atoms with E-state index in [1.165, 1.54) is 0 Å². The number of fused-ring (bicyclic) bond motifs is 1. The first-order valence-electron chi connectivity index (χ1n) is 8.64. The number of aromatic nitrogens is 2. The second kappa shape index (κ2) is 8.58. The Balaban J connectivity index is 0.000000516. The molecule has 2 aromatic carbocycles. The van der Waals surface area contributed by atoms with Crippen molar-refractivity contribution in [3.63, 3.8) is 0 Å². The monoisotopic (exact) mass is 392 g/mol.